The average molecular weight is 235 g/mol. The van der Waals surface area contributed by atoms with Crippen molar-refractivity contribution in [2.75, 3.05) is 19.8 Å². The summed E-state index contributed by atoms with van der Waals surface area (Å²) in [5.41, 5.74) is 6.60. The lowest BCUT2D eigenvalue weighted by Gasteiger charge is -2.13. The minimum absolute atomic E-state index is 0.321. The first-order valence-electron chi connectivity index (χ1n) is 5.82. The molecule has 0 radical (unpaired) electrons. The number of rotatable bonds is 4. The van der Waals surface area contributed by atoms with Gasteiger partial charge in [-0.25, -0.2) is 4.79 Å². The molecule has 1 unspecified atom stereocenters. The number of hydrogen-bond donors (Lipinski definition) is 1. The maximum Gasteiger partial charge on any atom is 0.327 e. The molecule has 92 valence electrons. The number of ether oxygens (including phenoxy) is 2. The minimum atomic E-state index is -0.696. The molecule has 0 saturated carbocycles. The van der Waals surface area contributed by atoms with E-state index in [2.05, 4.69) is 0 Å². The largest absolute Gasteiger partial charge is 0.464 e. The highest BCUT2D eigenvalue weighted by atomic mass is 16.5. The molecule has 0 bridgehead atoms. The summed E-state index contributed by atoms with van der Waals surface area (Å²) in [7, 11) is 0. The second kappa shape index (κ2) is 5.80. The molecule has 0 aromatic heterocycles. The first kappa shape index (κ1) is 12.1. The van der Waals surface area contributed by atoms with Crippen molar-refractivity contribution in [3.05, 3.63) is 35.9 Å². The number of hydrogen-bond acceptors (Lipinski definition) is 4. The molecule has 0 spiro atoms. The van der Waals surface area contributed by atoms with Crippen LogP contribution in [0, 0.1) is 5.92 Å². The molecule has 2 rings (SSSR count). The van der Waals surface area contributed by atoms with E-state index in [0.29, 0.717) is 19.1 Å². The third-order valence-corrected chi connectivity index (χ3v) is 2.90. The van der Waals surface area contributed by atoms with E-state index < -0.39 is 6.04 Å². The second-order valence-corrected chi connectivity index (χ2v) is 4.25. The van der Waals surface area contributed by atoms with E-state index in [1.165, 1.54) is 0 Å². The molecule has 1 aliphatic heterocycles. The van der Waals surface area contributed by atoms with Crippen LogP contribution in [0.4, 0.5) is 0 Å². The summed E-state index contributed by atoms with van der Waals surface area (Å²) in [6, 6.07) is 8.55. The van der Waals surface area contributed by atoms with Crippen molar-refractivity contribution in [3.63, 3.8) is 0 Å². The van der Waals surface area contributed by atoms with Gasteiger partial charge < -0.3 is 15.2 Å². The lowest BCUT2D eigenvalue weighted by Crippen LogP contribution is -2.25. The smallest absolute Gasteiger partial charge is 0.327 e. The molecule has 1 aromatic rings. The van der Waals surface area contributed by atoms with Gasteiger partial charge in [-0.3, -0.25) is 0 Å². The Balaban J connectivity index is 1.83. The van der Waals surface area contributed by atoms with Gasteiger partial charge >= 0.3 is 5.97 Å². The highest BCUT2D eigenvalue weighted by Crippen LogP contribution is 2.15. The van der Waals surface area contributed by atoms with Crippen molar-refractivity contribution >= 4 is 5.97 Å². The Morgan fingerprint density at radius 2 is 2.24 bits per heavy atom. The topological polar surface area (TPSA) is 61.6 Å². The van der Waals surface area contributed by atoms with Crippen LogP contribution in [0.1, 0.15) is 18.0 Å². The fourth-order valence-corrected chi connectivity index (χ4v) is 1.80. The highest BCUT2D eigenvalue weighted by Gasteiger charge is 2.21. The lowest BCUT2D eigenvalue weighted by molar-refractivity contribution is -0.146. The van der Waals surface area contributed by atoms with Crippen molar-refractivity contribution in [1.82, 2.24) is 0 Å². The van der Waals surface area contributed by atoms with E-state index in [4.69, 9.17) is 15.2 Å². The standard InChI is InChI=1S/C13H17NO3/c14-12(11-4-2-1-3-5-11)13(15)17-9-10-6-7-16-8-10/h1-5,10,12H,6-9,14H2/t10?,12-/m0/s1. The van der Waals surface area contributed by atoms with Crippen molar-refractivity contribution in [1.29, 1.82) is 0 Å². The molecule has 4 nitrogen and oxygen atoms in total. The van der Waals surface area contributed by atoms with E-state index in [-0.39, 0.29) is 5.97 Å². The van der Waals surface area contributed by atoms with Gasteiger partial charge in [0.15, 0.2) is 0 Å². The van der Waals surface area contributed by atoms with E-state index in [1.807, 2.05) is 30.3 Å². The van der Waals surface area contributed by atoms with Crippen molar-refractivity contribution in [2.45, 2.75) is 12.5 Å². The molecular weight excluding hydrogens is 218 g/mol. The molecule has 0 amide bonds. The minimum Gasteiger partial charge on any atom is -0.464 e. The first-order chi connectivity index (χ1) is 8.27. The Bertz CT molecular complexity index is 360. The van der Waals surface area contributed by atoms with Gasteiger partial charge in [-0.05, 0) is 12.0 Å². The van der Waals surface area contributed by atoms with Crippen LogP contribution >= 0.6 is 0 Å². The van der Waals surface area contributed by atoms with Crippen molar-refractivity contribution in [3.8, 4) is 0 Å². The van der Waals surface area contributed by atoms with Gasteiger partial charge in [0.05, 0.1) is 13.2 Å². The summed E-state index contributed by atoms with van der Waals surface area (Å²) in [5, 5.41) is 0. The Hall–Kier alpha value is -1.39. The summed E-state index contributed by atoms with van der Waals surface area (Å²) < 4.78 is 10.4. The van der Waals surface area contributed by atoms with Crippen LogP contribution in [0.25, 0.3) is 0 Å². The zero-order valence-electron chi connectivity index (χ0n) is 9.67. The molecule has 4 heteroatoms. The van der Waals surface area contributed by atoms with Crippen LogP contribution in [0.15, 0.2) is 30.3 Å². The predicted octanol–water partition coefficient (Wildman–Crippen LogP) is 1.27. The Kier molecular flexibility index (Phi) is 4.12. The van der Waals surface area contributed by atoms with Crippen LogP contribution in [0.5, 0.6) is 0 Å². The lowest BCUT2D eigenvalue weighted by atomic mass is 10.1. The van der Waals surface area contributed by atoms with Crippen molar-refractivity contribution in [2.24, 2.45) is 11.7 Å². The third-order valence-electron chi connectivity index (χ3n) is 2.90. The van der Waals surface area contributed by atoms with Crippen LogP contribution < -0.4 is 5.73 Å². The first-order valence-corrected chi connectivity index (χ1v) is 5.82. The van der Waals surface area contributed by atoms with Gasteiger partial charge in [0.1, 0.15) is 6.04 Å². The van der Waals surface area contributed by atoms with E-state index in [1.54, 1.807) is 0 Å². The molecule has 0 aliphatic carbocycles. The van der Waals surface area contributed by atoms with Gasteiger partial charge in [-0.2, -0.15) is 0 Å². The Labute approximate surface area is 101 Å². The molecule has 1 saturated heterocycles. The molecule has 2 atom stereocenters. The average Bonchev–Trinajstić information content (AvgIpc) is 2.89. The van der Waals surface area contributed by atoms with Gasteiger partial charge in [0.25, 0.3) is 0 Å². The maximum absolute atomic E-state index is 11.7. The van der Waals surface area contributed by atoms with Crippen LogP contribution in [0.2, 0.25) is 0 Å². The summed E-state index contributed by atoms with van der Waals surface area (Å²) in [4.78, 5) is 11.7. The summed E-state index contributed by atoms with van der Waals surface area (Å²) in [5.74, 6) is -0.0509. The van der Waals surface area contributed by atoms with Crippen molar-refractivity contribution < 1.29 is 14.3 Å². The Morgan fingerprint density at radius 1 is 1.47 bits per heavy atom. The van der Waals surface area contributed by atoms with Gasteiger partial charge in [0, 0.05) is 12.5 Å². The number of benzene rings is 1. The third kappa shape index (κ3) is 3.28. The summed E-state index contributed by atoms with van der Waals surface area (Å²) in [6.07, 6.45) is 0.952. The molecule has 1 aromatic carbocycles. The summed E-state index contributed by atoms with van der Waals surface area (Å²) in [6.45, 7) is 1.83. The number of carbonyl (C=O) groups excluding carboxylic acids is 1. The molecule has 17 heavy (non-hydrogen) atoms. The predicted molar refractivity (Wildman–Crippen MR) is 63.3 cm³/mol. The molecule has 2 N–H and O–H groups in total. The zero-order valence-corrected chi connectivity index (χ0v) is 9.67. The van der Waals surface area contributed by atoms with Gasteiger partial charge in [-0.1, -0.05) is 30.3 Å². The van der Waals surface area contributed by atoms with Crippen LogP contribution in [-0.4, -0.2) is 25.8 Å². The highest BCUT2D eigenvalue weighted by molar-refractivity contribution is 5.77. The normalized spacial score (nSPS) is 21.1. The number of nitrogens with two attached hydrogens (primary N) is 1. The zero-order chi connectivity index (χ0) is 12.1. The SMILES string of the molecule is N[C@H](C(=O)OCC1CCOC1)c1ccccc1. The second-order valence-electron chi connectivity index (χ2n) is 4.25. The molecule has 1 aliphatic rings. The quantitative estimate of drug-likeness (QED) is 0.798. The van der Waals surface area contributed by atoms with Crippen LogP contribution in [0.3, 0.4) is 0 Å². The fourth-order valence-electron chi connectivity index (χ4n) is 1.80. The monoisotopic (exact) mass is 235 g/mol. The molecule has 1 fully saturated rings. The van der Waals surface area contributed by atoms with Gasteiger partial charge in [0.2, 0.25) is 0 Å². The number of esters is 1. The molecule has 1 heterocycles. The Morgan fingerprint density at radius 3 is 2.88 bits per heavy atom. The molecular formula is C13H17NO3. The van der Waals surface area contributed by atoms with E-state index in [9.17, 15) is 4.79 Å². The van der Waals surface area contributed by atoms with E-state index in [0.717, 1.165) is 18.6 Å². The maximum atomic E-state index is 11.7. The summed E-state index contributed by atoms with van der Waals surface area (Å²) >= 11 is 0. The van der Waals surface area contributed by atoms with Crippen LogP contribution in [-0.2, 0) is 14.3 Å². The fraction of sp³-hybridized carbons (Fsp3) is 0.462. The number of carbonyl (C=O) groups is 1. The van der Waals surface area contributed by atoms with Gasteiger partial charge in [-0.15, -0.1) is 0 Å². The van der Waals surface area contributed by atoms with E-state index >= 15 is 0 Å².